The molecule has 21 heavy (non-hydrogen) atoms. The Labute approximate surface area is 128 Å². The molecular formula is C14H14BrF3N2O. The van der Waals surface area contributed by atoms with Crippen LogP contribution in [0.15, 0.2) is 33.4 Å². The Bertz CT molecular complexity index is 611. The highest BCUT2D eigenvalue weighted by molar-refractivity contribution is 9.10. The van der Waals surface area contributed by atoms with Gasteiger partial charge < -0.3 is 9.73 Å². The number of alkyl halides is 3. The minimum Gasteiger partial charge on any atom is -0.444 e. The van der Waals surface area contributed by atoms with Crippen LogP contribution in [0.25, 0.3) is 11.5 Å². The maximum absolute atomic E-state index is 12.9. The Kier molecular flexibility index (Phi) is 5.05. The third-order valence-electron chi connectivity index (χ3n) is 2.80. The first-order valence-corrected chi connectivity index (χ1v) is 7.23. The van der Waals surface area contributed by atoms with Crippen molar-refractivity contribution >= 4 is 15.9 Å². The molecule has 0 aliphatic carbocycles. The van der Waals surface area contributed by atoms with Gasteiger partial charge >= 0.3 is 6.18 Å². The maximum atomic E-state index is 12.9. The lowest BCUT2D eigenvalue weighted by molar-refractivity contribution is -0.138. The summed E-state index contributed by atoms with van der Waals surface area (Å²) in [5, 5.41) is 3.15. The number of benzene rings is 1. The number of oxazole rings is 1. The van der Waals surface area contributed by atoms with E-state index in [2.05, 4.69) is 26.2 Å². The Hall–Kier alpha value is -1.34. The van der Waals surface area contributed by atoms with E-state index in [1.54, 1.807) is 0 Å². The standard InChI is InChI=1S/C14H14BrF3N2O/c1-2-5-19-7-10-8-21-13(20-10)9-3-4-12(15)11(6-9)14(16,17)18/h3-4,6,8,19H,2,5,7H2,1H3. The van der Waals surface area contributed by atoms with Gasteiger partial charge in [0.1, 0.15) is 6.26 Å². The zero-order valence-electron chi connectivity index (χ0n) is 11.3. The van der Waals surface area contributed by atoms with Crippen molar-refractivity contribution < 1.29 is 17.6 Å². The maximum Gasteiger partial charge on any atom is 0.417 e. The summed E-state index contributed by atoms with van der Waals surface area (Å²) in [6.45, 7) is 3.42. The molecule has 0 spiro atoms. The molecule has 1 aromatic carbocycles. The van der Waals surface area contributed by atoms with Gasteiger partial charge in [0, 0.05) is 16.6 Å². The average Bonchev–Trinajstić information content (AvgIpc) is 2.87. The predicted octanol–water partition coefficient (Wildman–Crippen LogP) is 4.62. The van der Waals surface area contributed by atoms with Gasteiger partial charge in [0.25, 0.3) is 0 Å². The second-order valence-electron chi connectivity index (χ2n) is 4.51. The second kappa shape index (κ2) is 6.62. The summed E-state index contributed by atoms with van der Waals surface area (Å²) in [7, 11) is 0. The molecular weight excluding hydrogens is 349 g/mol. The zero-order chi connectivity index (χ0) is 15.5. The van der Waals surface area contributed by atoms with E-state index in [1.165, 1.54) is 18.4 Å². The summed E-state index contributed by atoms with van der Waals surface area (Å²) in [4.78, 5) is 4.19. The lowest BCUT2D eigenvalue weighted by atomic mass is 10.1. The molecule has 0 radical (unpaired) electrons. The van der Waals surface area contributed by atoms with E-state index in [0.717, 1.165) is 19.0 Å². The molecule has 0 saturated heterocycles. The van der Waals surface area contributed by atoms with Crippen LogP contribution in [0.5, 0.6) is 0 Å². The third-order valence-corrected chi connectivity index (χ3v) is 3.49. The van der Waals surface area contributed by atoms with Crippen molar-refractivity contribution in [1.82, 2.24) is 10.3 Å². The van der Waals surface area contributed by atoms with Crippen molar-refractivity contribution in [3.05, 3.63) is 40.2 Å². The Morgan fingerprint density at radius 3 is 2.76 bits per heavy atom. The van der Waals surface area contributed by atoms with Crippen LogP contribution >= 0.6 is 15.9 Å². The molecule has 0 amide bonds. The van der Waals surface area contributed by atoms with Gasteiger partial charge in [0.15, 0.2) is 0 Å². The topological polar surface area (TPSA) is 38.1 Å². The van der Waals surface area contributed by atoms with Gasteiger partial charge in [-0.3, -0.25) is 0 Å². The lowest BCUT2D eigenvalue weighted by Gasteiger charge is -2.09. The molecule has 114 valence electrons. The van der Waals surface area contributed by atoms with E-state index in [1.807, 2.05) is 6.92 Å². The molecule has 0 saturated carbocycles. The van der Waals surface area contributed by atoms with E-state index >= 15 is 0 Å². The molecule has 0 atom stereocenters. The van der Waals surface area contributed by atoms with Crippen LogP contribution in [0.4, 0.5) is 13.2 Å². The minimum atomic E-state index is -4.42. The summed E-state index contributed by atoms with van der Waals surface area (Å²) in [5.41, 5.74) is 0.214. The monoisotopic (exact) mass is 362 g/mol. The van der Waals surface area contributed by atoms with Crippen LogP contribution in [-0.4, -0.2) is 11.5 Å². The van der Waals surface area contributed by atoms with E-state index < -0.39 is 11.7 Å². The summed E-state index contributed by atoms with van der Waals surface area (Å²) in [6, 6.07) is 3.91. The summed E-state index contributed by atoms with van der Waals surface area (Å²) in [6.07, 6.45) is -1.98. The fourth-order valence-corrected chi connectivity index (χ4v) is 2.26. The van der Waals surface area contributed by atoms with Crippen molar-refractivity contribution in [2.45, 2.75) is 26.1 Å². The first-order chi connectivity index (χ1) is 9.91. The predicted molar refractivity (Wildman–Crippen MR) is 76.6 cm³/mol. The van der Waals surface area contributed by atoms with Gasteiger partial charge in [0.05, 0.1) is 11.3 Å². The molecule has 1 aromatic heterocycles. The van der Waals surface area contributed by atoms with Crippen LogP contribution < -0.4 is 5.32 Å². The van der Waals surface area contributed by atoms with Crippen molar-refractivity contribution in [3.8, 4) is 11.5 Å². The number of hydrogen-bond acceptors (Lipinski definition) is 3. The Morgan fingerprint density at radius 2 is 2.10 bits per heavy atom. The number of halogens is 4. The van der Waals surface area contributed by atoms with Gasteiger partial charge in [0.2, 0.25) is 5.89 Å². The highest BCUT2D eigenvalue weighted by Crippen LogP contribution is 2.37. The summed E-state index contributed by atoms with van der Waals surface area (Å²) < 4.78 is 43.8. The fraction of sp³-hybridized carbons (Fsp3) is 0.357. The van der Waals surface area contributed by atoms with Crippen molar-refractivity contribution in [2.75, 3.05) is 6.54 Å². The Balaban J connectivity index is 2.22. The molecule has 0 bridgehead atoms. The Morgan fingerprint density at radius 1 is 1.33 bits per heavy atom. The average molecular weight is 363 g/mol. The molecule has 3 nitrogen and oxygen atoms in total. The summed E-state index contributed by atoms with van der Waals surface area (Å²) in [5.74, 6) is 0.182. The smallest absolute Gasteiger partial charge is 0.417 e. The van der Waals surface area contributed by atoms with Gasteiger partial charge in [-0.2, -0.15) is 13.2 Å². The van der Waals surface area contributed by atoms with Gasteiger partial charge in [-0.05, 0) is 31.2 Å². The molecule has 1 heterocycles. The van der Waals surface area contributed by atoms with Crippen LogP contribution in [0.3, 0.4) is 0 Å². The molecule has 0 fully saturated rings. The van der Waals surface area contributed by atoms with Crippen molar-refractivity contribution in [3.63, 3.8) is 0 Å². The number of hydrogen-bond donors (Lipinski definition) is 1. The molecule has 2 aromatic rings. The third kappa shape index (κ3) is 4.07. The van der Waals surface area contributed by atoms with Gasteiger partial charge in [-0.25, -0.2) is 4.98 Å². The molecule has 0 aliphatic rings. The SMILES string of the molecule is CCCNCc1coc(-c2ccc(Br)c(C(F)(F)F)c2)n1. The zero-order valence-corrected chi connectivity index (χ0v) is 12.9. The van der Waals surface area contributed by atoms with E-state index in [-0.39, 0.29) is 10.4 Å². The van der Waals surface area contributed by atoms with E-state index in [4.69, 9.17) is 4.42 Å². The van der Waals surface area contributed by atoms with Crippen LogP contribution in [0, 0.1) is 0 Å². The highest BCUT2D eigenvalue weighted by atomic mass is 79.9. The van der Waals surface area contributed by atoms with E-state index in [0.29, 0.717) is 17.8 Å². The largest absolute Gasteiger partial charge is 0.444 e. The molecule has 7 heteroatoms. The van der Waals surface area contributed by atoms with Crippen LogP contribution in [-0.2, 0) is 12.7 Å². The van der Waals surface area contributed by atoms with Gasteiger partial charge in [-0.15, -0.1) is 0 Å². The fourth-order valence-electron chi connectivity index (χ4n) is 1.79. The van der Waals surface area contributed by atoms with Crippen LogP contribution in [0.2, 0.25) is 0 Å². The molecule has 0 unspecified atom stereocenters. The summed E-state index contributed by atoms with van der Waals surface area (Å²) >= 11 is 2.91. The van der Waals surface area contributed by atoms with Gasteiger partial charge in [-0.1, -0.05) is 22.9 Å². The quantitative estimate of drug-likeness (QED) is 0.788. The van der Waals surface area contributed by atoms with E-state index in [9.17, 15) is 13.2 Å². The lowest BCUT2D eigenvalue weighted by Crippen LogP contribution is -2.13. The molecule has 2 rings (SSSR count). The first kappa shape index (κ1) is 16.0. The van der Waals surface area contributed by atoms with Crippen molar-refractivity contribution in [1.29, 1.82) is 0 Å². The number of nitrogens with one attached hydrogen (secondary N) is 1. The van der Waals surface area contributed by atoms with Crippen molar-refractivity contribution in [2.24, 2.45) is 0 Å². The highest BCUT2D eigenvalue weighted by Gasteiger charge is 2.33. The second-order valence-corrected chi connectivity index (χ2v) is 5.37. The first-order valence-electron chi connectivity index (χ1n) is 6.44. The number of aromatic nitrogens is 1. The van der Waals surface area contributed by atoms with Crippen LogP contribution in [0.1, 0.15) is 24.6 Å². The number of rotatable bonds is 5. The minimum absolute atomic E-state index is 0.00450. The number of nitrogens with zero attached hydrogens (tertiary/aromatic N) is 1. The molecule has 0 aliphatic heterocycles. The normalized spacial score (nSPS) is 11.9. The molecule has 1 N–H and O–H groups in total.